The number of quaternary nitrogens is 1. The zero-order valence-corrected chi connectivity index (χ0v) is 51.2. The lowest BCUT2D eigenvalue weighted by atomic mass is 10.0. The summed E-state index contributed by atoms with van der Waals surface area (Å²) in [5.41, 5.74) is 0. The Bertz CT molecular complexity index is 1420. The lowest BCUT2D eigenvalue weighted by molar-refractivity contribution is -0.870. The smallest absolute Gasteiger partial charge is 0.456 e. The number of likely N-dealkylation sites (N-methyl/N-ethyl adjacent to an activating group) is 1. The van der Waals surface area contributed by atoms with Crippen LogP contribution in [0.3, 0.4) is 0 Å². The monoisotopic (exact) mass is 1080 g/mol. The number of nitrogens with one attached hydrogen (secondary N) is 1. The first-order valence-corrected chi connectivity index (χ1v) is 33.5. The van der Waals surface area contributed by atoms with Gasteiger partial charge in [-0.25, -0.2) is 4.57 Å². The van der Waals surface area contributed by atoms with Crippen LogP contribution in [-0.4, -0.2) is 74.3 Å². The van der Waals surface area contributed by atoms with Gasteiger partial charge in [0.15, 0.2) is 0 Å². The number of phosphoric acid groups is 1. The summed E-state index contributed by atoms with van der Waals surface area (Å²) >= 11 is 0. The minimum atomic E-state index is -4.45. The van der Waals surface area contributed by atoms with Crippen molar-refractivity contribution in [2.75, 3.05) is 40.9 Å². The highest BCUT2D eigenvalue weighted by atomic mass is 31.2. The van der Waals surface area contributed by atoms with Crippen LogP contribution >= 0.6 is 7.82 Å². The summed E-state index contributed by atoms with van der Waals surface area (Å²) in [6.45, 7) is 6.92. The van der Waals surface area contributed by atoms with E-state index >= 15 is 0 Å². The van der Waals surface area contributed by atoms with E-state index in [1.807, 2.05) is 33.3 Å². The second kappa shape index (κ2) is 55.3. The predicted octanol–water partition coefficient (Wildman–Crippen LogP) is 19.7. The second-order valence-corrected chi connectivity index (χ2v) is 24.4. The highest BCUT2D eigenvalue weighted by Crippen LogP contribution is 2.43. The molecule has 75 heavy (non-hydrogen) atoms. The van der Waals surface area contributed by atoms with Crippen LogP contribution in [-0.2, 0) is 27.9 Å². The Kier molecular flexibility index (Phi) is 53.8. The lowest BCUT2D eigenvalue weighted by Crippen LogP contribution is -2.47. The van der Waals surface area contributed by atoms with Crippen molar-refractivity contribution < 1.29 is 37.3 Å². The van der Waals surface area contributed by atoms with E-state index in [-0.39, 0.29) is 25.1 Å². The predicted molar refractivity (Wildman–Crippen MR) is 323 cm³/mol. The number of esters is 1. The molecule has 0 saturated carbocycles. The molecule has 9 nitrogen and oxygen atoms in total. The number of nitrogens with zero attached hydrogens (tertiary/aromatic N) is 1. The number of ether oxygens (including phenoxy) is 1. The molecule has 2 N–H and O–H groups in total. The number of hydrogen-bond acceptors (Lipinski definition) is 6. The Morgan fingerprint density at radius 2 is 0.853 bits per heavy atom. The molecule has 3 unspecified atom stereocenters. The maximum absolute atomic E-state index is 13.5. The van der Waals surface area contributed by atoms with Crippen LogP contribution in [0, 0.1) is 0 Å². The summed E-state index contributed by atoms with van der Waals surface area (Å²) in [5.74, 6) is -0.508. The second-order valence-electron chi connectivity index (χ2n) is 22.9. The van der Waals surface area contributed by atoms with E-state index in [2.05, 4.69) is 62.5 Å². The molecular weight excluding hydrogens is 952 g/mol. The summed E-state index contributed by atoms with van der Waals surface area (Å²) in [6.07, 6.45) is 68.3. The van der Waals surface area contributed by atoms with Gasteiger partial charge in [-0.2, -0.15) is 0 Å². The van der Waals surface area contributed by atoms with Crippen LogP contribution in [0.1, 0.15) is 303 Å². The molecule has 0 rings (SSSR count). The Morgan fingerprint density at radius 1 is 0.480 bits per heavy atom. The molecule has 0 radical (unpaired) electrons. The maximum Gasteiger partial charge on any atom is 0.472 e. The van der Waals surface area contributed by atoms with Crippen molar-refractivity contribution in [3.05, 3.63) is 48.6 Å². The van der Waals surface area contributed by atoms with Crippen molar-refractivity contribution in [3.63, 3.8) is 0 Å². The molecule has 440 valence electrons. The lowest BCUT2D eigenvalue weighted by Gasteiger charge is -2.27. The van der Waals surface area contributed by atoms with Crippen LogP contribution in [0.4, 0.5) is 0 Å². The highest BCUT2D eigenvalue weighted by molar-refractivity contribution is 7.47. The quantitative estimate of drug-likeness (QED) is 0.0205. The highest BCUT2D eigenvalue weighted by Gasteiger charge is 2.30. The van der Waals surface area contributed by atoms with Gasteiger partial charge < -0.3 is 19.4 Å². The largest absolute Gasteiger partial charge is 0.472 e. The molecule has 3 atom stereocenters. The Labute approximate surface area is 465 Å². The van der Waals surface area contributed by atoms with E-state index < -0.39 is 20.0 Å². The summed E-state index contributed by atoms with van der Waals surface area (Å²) in [7, 11) is 1.49. The first-order valence-electron chi connectivity index (χ1n) is 32.0. The Morgan fingerprint density at radius 3 is 1.28 bits per heavy atom. The van der Waals surface area contributed by atoms with Crippen molar-refractivity contribution >= 4 is 19.7 Å². The van der Waals surface area contributed by atoms with E-state index in [0.717, 1.165) is 89.9 Å². The molecule has 0 aliphatic rings. The van der Waals surface area contributed by atoms with Gasteiger partial charge in [-0.1, -0.05) is 275 Å². The third-order valence-electron chi connectivity index (χ3n) is 14.3. The summed E-state index contributed by atoms with van der Waals surface area (Å²) < 4.78 is 30.7. The first-order chi connectivity index (χ1) is 36.4. The molecule has 0 aromatic rings. The minimum Gasteiger partial charge on any atom is -0.456 e. The average molecular weight is 1080 g/mol. The molecule has 0 heterocycles. The van der Waals surface area contributed by atoms with E-state index in [1.165, 1.54) is 180 Å². The number of rotatable bonds is 58. The molecule has 0 aliphatic carbocycles. The molecule has 0 aromatic carbocycles. The average Bonchev–Trinajstić information content (AvgIpc) is 3.37. The maximum atomic E-state index is 13.5. The van der Waals surface area contributed by atoms with Crippen LogP contribution in [0.2, 0.25) is 0 Å². The number of carbonyl (C=O) groups excluding carboxylic acids is 2. The van der Waals surface area contributed by atoms with E-state index in [9.17, 15) is 19.0 Å². The minimum absolute atomic E-state index is 0.0384. The van der Waals surface area contributed by atoms with Gasteiger partial charge in [0.2, 0.25) is 5.91 Å². The zero-order valence-electron chi connectivity index (χ0n) is 50.3. The first kappa shape index (κ1) is 73.0. The van der Waals surface area contributed by atoms with Gasteiger partial charge in [0.1, 0.15) is 19.3 Å². The van der Waals surface area contributed by atoms with Crippen molar-refractivity contribution in [2.24, 2.45) is 0 Å². The molecular formula is C65H124N2O7P+. The molecule has 0 bridgehead atoms. The van der Waals surface area contributed by atoms with Crippen molar-refractivity contribution in [1.29, 1.82) is 0 Å². The van der Waals surface area contributed by atoms with Gasteiger partial charge in [-0.05, 0) is 63.9 Å². The summed E-state index contributed by atoms with van der Waals surface area (Å²) in [4.78, 5) is 37.7. The Balaban J connectivity index is 5.18. The Hall–Kier alpha value is -2.03. The van der Waals surface area contributed by atoms with E-state index in [0.29, 0.717) is 23.9 Å². The normalized spacial score (nSPS) is 14.0. The number of phosphoric ester groups is 1. The fourth-order valence-corrected chi connectivity index (χ4v) is 10.1. The standard InChI is InChI=1S/C65H123N2O7P/c1-7-10-13-16-19-22-25-28-30-32-33-34-35-36-38-40-43-46-49-52-55-58-65(69)74-63(56-53-50-47-44-41-27-24-21-18-15-12-9-3)62(61-73-75(70,71)72-60-59-67(4,5)6)66-64(68)57-54-51-48-45-42-39-37-31-29-26-23-20-17-14-11-8-2/h11,14,20,23,29,31,53,56,62-63H,7-10,12-13,15-19,21-22,24-28,30,32-52,54-55,57-61H2,1-6H3,(H-,66,68,70,71)/p+1/b14-11+,23-20+,31-29+,56-53+. The van der Waals surface area contributed by atoms with Gasteiger partial charge in [-0.15, -0.1) is 0 Å². The molecule has 1 amide bonds. The number of hydrogen-bond donors (Lipinski definition) is 2. The van der Waals surface area contributed by atoms with Crippen LogP contribution in [0.15, 0.2) is 48.6 Å². The van der Waals surface area contributed by atoms with Gasteiger partial charge in [0.05, 0.1) is 33.8 Å². The van der Waals surface area contributed by atoms with Gasteiger partial charge >= 0.3 is 13.8 Å². The SMILES string of the molecule is CC/C=C/C/C=C/C/C=C/CCCCCCCCC(=O)NC(COP(=O)(O)OCC[N+](C)(C)C)C(/C=C/CCCCCCCCCCCC)OC(=O)CCCCCCCCCCCCCCCCCCCCCCC. The summed E-state index contributed by atoms with van der Waals surface area (Å²) in [5, 5.41) is 3.05. The van der Waals surface area contributed by atoms with Crippen molar-refractivity contribution in [3.8, 4) is 0 Å². The van der Waals surface area contributed by atoms with Gasteiger partial charge in [-0.3, -0.25) is 18.6 Å². The third-order valence-corrected chi connectivity index (χ3v) is 15.3. The van der Waals surface area contributed by atoms with Crippen molar-refractivity contribution in [2.45, 2.75) is 315 Å². The van der Waals surface area contributed by atoms with Crippen LogP contribution < -0.4 is 5.32 Å². The zero-order chi connectivity index (χ0) is 55.0. The van der Waals surface area contributed by atoms with Crippen LogP contribution in [0.25, 0.3) is 0 Å². The molecule has 0 aromatic heterocycles. The fraction of sp³-hybridized carbons (Fsp3) is 0.846. The topological polar surface area (TPSA) is 111 Å². The number of carbonyl (C=O) groups is 2. The van der Waals surface area contributed by atoms with Crippen molar-refractivity contribution in [1.82, 2.24) is 5.32 Å². The molecule has 0 fully saturated rings. The van der Waals surface area contributed by atoms with E-state index in [4.69, 9.17) is 13.8 Å². The third kappa shape index (κ3) is 56.5. The fourth-order valence-electron chi connectivity index (χ4n) is 9.37. The number of amides is 1. The van der Waals surface area contributed by atoms with Gasteiger partial charge in [0.25, 0.3) is 0 Å². The molecule has 10 heteroatoms. The van der Waals surface area contributed by atoms with Gasteiger partial charge in [0, 0.05) is 12.8 Å². The molecule has 0 aliphatic heterocycles. The summed E-state index contributed by atoms with van der Waals surface area (Å²) in [6, 6.07) is -0.853. The number of unbranched alkanes of at least 4 members (excludes halogenated alkanes) is 36. The number of allylic oxidation sites excluding steroid dienone is 7. The van der Waals surface area contributed by atoms with E-state index in [1.54, 1.807) is 0 Å². The molecule has 0 saturated heterocycles. The molecule has 0 spiro atoms. The van der Waals surface area contributed by atoms with Crippen LogP contribution in [0.5, 0.6) is 0 Å².